The molecule has 0 heterocycles. The highest BCUT2D eigenvalue weighted by Gasteiger charge is 2.28. The molecular weight excluding hydrogens is 182 g/mol. The molecule has 0 N–H and O–H groups in total. The van der Waals surface area contributed by atoms with E-state index in [9.17, 15) is 14.9 Å². The van der Waals surface area contributed by atoms with Gasteiger partial charge in [0.05, 0.1) is 10.3 Å². The average molecular weight is 192 g/mol. The van der Waals surface area contributed by atoms with E-state index in [1.54, 1.807) is 38.3 Å². The SMILES string of the molecule is CC(C)([C]=O)c1ccccc1[N+](=O)[O-]. The predicted octanol–water partition coefficient (Wildman–Crippen LogP) is 1.98. The Hall–Kier alpha value is -1.71. The third kappa shape index (κ3) is 1.79. The van der Waals surface area contributed by atoms with Crippen LogP contribution in [0.4, 0.5) is 5.69 Å². The molecule has 0 bridgehead atoms. The van der Waals surface area contributed by atoms with E-state index in [-0.39, 0.29) is 5.69 Å². The van der Waals surface area contributed by atoms with Gasteiger partial charge >= 0.3 is 0 Å². The van der Waals surface area contributed by atoms with Gasteiger partial charge in [0, 0.05) is 11.6 Å². The molecule has 1 aromatic carbocycles. The van der Waals surface area contributed by atoms with Crippen molar-refractivity contribution in [2.45, 2.75) is 19.3 Å². The molecule has 0 unspecified atom stereocenters. The number of hydrogen-bond acceptors (Lipinski definition) is 3. The molecule has 0 fully saturated rings. The van der Waals surface area contributed by atoms with Crippen molar-refractivity contribution in [3.05, 3.63) is 39.9 Å². The molecule has 4 heteroatoms. The molecule has 0 spiro atoms. The maximum absolute atomic E-state index is 10.7. The van der Waals surface area contributed by atoms with Crippen LogP contribution in [-0.2, 0) is 10.2 Å². The maximum atomic E-state index is 10.7. The van der Waals surface area contributed by atoms with Gasteiger partial charge in [0.2, 0.25) is 6.29 Å². The van der Waals surface area contributed by atoms with Crippen molar-refractivity contribution in [1.82, 2.24) is 0 Å². The van der Waals surface area contributed by atoms with Crippen LogP contribution in [0.5, 0.6) is 0 Å². The summed E-state index contributed by atoms with van der Waals surface area (Å²) in [7, 11) is 0. The number of carbonyl (C=O) groups excluding carboxylic acids is 1. The second-order valence-corrected chi connectivity index (χ2v) is 3.50. The number of para-hydroxylation sites is 1. The fraction of sp³-hybridized carbons (Fsp3) is 0.300. The van der Waals surface area contributed by atoms with Gasteiger partial charge in [0.25, 0.3) is 5.69 Å². The Balaban J connectivity index is 3.33. The lowest BCUT2D eigenvalue weighted by Gasteiger charge is -2.15. The Kier molecular flexibility index (Phi) is 2.65. The molecule has 14 heavy (non-hydrogen) atoms. The van der Waals surface area contributed by atoms with E-state index in [1.807, 2.05) is 0 Å². The third-order valence-corrected chi connectivity index (χ3v) is 2.03. The molecule has 0 saturated heterocycles. The second-order valence-electron chi connectivity index (χ2n) is 3.50. The van der Waals surface area contributed by atoms with Gasteiger partial charge in [0.1, 0.15) is 0 Å². The topological polar surface area (TPSA) is 60.2 Å². The maximum Gasteiger partial charge on any atom is 0.273 e. The standard InChI is InChI=1S/C10H10NO3/c1-10(2,7-12)8-5-3-4-6-9(8)11(13)14/h3-6H,1-2H3. The van der Waals surface area contributed by atoms with E-state index in [0.29, 0.717) is 5.56 Å². The molecule has 1 rings (SSSR count). The Morgan fingerprint density at radius 2 is 1.93 bits per heavy atom. The summed E-state index contributed by atoms with van der Waals surface area (Å²) in [4.78, 5) is 20.8. The van der Waals surface area contributed by atoms with E-state index < -0.39 is 10.3 Å². The van der Waals surface area contributed by atoms with Crippen LogP contribution in [0.1, 0.15) is 19.4 Å². The summed E-state index contributed by atoms with van der Waals surface area (Å²) >= 11 is 0. The monoisotopic (exact) mass is 192 g/mol. The van der Waals surface area contributed by atoms with Crippen molar-refractivity contribution in [3.8, 4) is 0 Å². The molecule has 0 aliphatic rings. The van der Waals surface area contributed by atoms with Crippen molar-refractivity contribution in [2.75, 3.05) is 0 Å². The van der Waals surface area contributed by atoms with Crippen molar-refractivity contribution in [3.63, 3.8) is 0 Å². The minimum atomic E-state index is -0.941. The number of nitro benzene ring substituents is 1. The first kappa shape index (κ1) is 10.4. The van der Waals surface area contributed by atoms with Gasteiger partial charge in [-0.15, -0.1) is 0 Å². The molecular formula is C10H10NO3. The Labute approximate surface area is 81.7 Å². The van der Waals surface area contributed by atoms with Gasteiger partial charge in [-0.1, -0.05) is 18.2 Å². The summed E-state index contributed by atoms with van der Waals surface area (Å²) in [6.07, 6.45) is 1.80. The summed E-state index contributed by atoms with van der Waals surface area (Å²) in [6, 6.07) is 6.20. The van der Waals surface area contributed by atoms with Crippen LogP contribution >= 0.6 is 0 Å². The van der Waals surface area contributed by atoms with Crippen LogP contribution < -0.4 is 0 Å². The molecule has 4 nitrogen and oxygen atoms in total. The molecule has 0 aliphatic heterocycles. The zero-order chi connectivity index (χ0) is 10.8. The molecule has 1 radical (unpaired) electrons. The van der Waals surface area contributed by atoms with Gasteiger partial charge in [0.15, 0.2) is 0 Å². The molecule has 0 aliphatic carbocycles. The minimum Gasteiger partial charge on any atom is -0.290 e. The molecule has 1 aromatic rings. The Morgan fingerprint density at radius 3 is 2.43 bits per heavy atom. The van der Waals surface area contributed by atoms with E-state index >= 15 is 0 Å². The molecule has 73 valence electrons. The summed E-state index contributed by atoms with van der Waals surface area (Å²) < 4.78 is 0. The number of hydrogen-bond donors (Lipinski definition) is 0. The zero-order valence-corrected chi connectivity index (χ0v) is 7.98. The molecule has 0 saturated carbocycles. The smallest absolute Gasteiger partial charge is 0.273 e. The fourth-order valence-corrected chi connectivity index (χ4v) is 1.22. The van der Waals surface area contributed by atoms with Crippen LogP contribution in [0.15, 0.2) is 24.3 Å². The minimum absolute atomic E-state index is 0.0409. The van der Waals surface area contributed by atoms with Gasteiger partial charge in [-0.05, 0) is 13.8 Å². The van der Waals surface area contributed by atoms with Crippen molar-refractivity contribution < 1.29 is 9.72 Å². The predicted molar refractivity (Wildman–Crippen MR) is 51.8 cm³/mol. The van der Waals surface area contributed by atoms with Crippen molar-refractivity contribution >= 4 is 12.0 Å². The lowest BCUT2D eigenvalue weighted by atomic mass is 9.85. The second kappa shape index (κ2) is 3.57. The van der Waals surface area contributed by atoms with Crippen LogP contribution in [0.3, 0.4) is 0 Å². The summed E-state index contributed by atoms with van der Waals surface area (Å²) in [5.74, 6) is 0. The van der Waals surface area contributed by atoms with E-state index in [2.05, 4.69) is 0 Å². The molecule has 0 amide bonds. The fourth-order valence-electron chi connectivity index (χ4n) is 1.22. The summed E-state index contributed by atoms with van der Waals surface area (Å²) in [6.45, 7) is 3.20. The third-order valence-electron chi connectivity index (χ3n) is 2.03. The first-order chi connectivity index (χ1) is 6.49. The first-order valence-corrected chi connectivity index (χ1v) is 4.12. The van der Waals surface area contributed by atoms with E-state index in [4.69, 9.17) is 0 Å². The van der Waals surface area contributed by atoms with Crippen LogP contribution in [0.2, 0.25) is 0 Å². The van der Waals surface area contributed by atoms with E-state index in [0.717, 1.165) is 0 Å². The Bertz CT molecular complexity index is 371. The normalized spacial score (nSPS) is 11.0. The van der Waals surface area contributed by atoms with Gasteiger partial charge in [-0.25, -0.2) is 0 Å². The number of rotatable bonds is 3. The largest absolute Gasteiger partial charge is 0.290 e. The quantitative estimate of drug-likeness (QED) is 0.543. The van der Waals surface area contributed by atoms with Gasteiger partial charge < -0.3 is 0 Å². The average Bonchev–Trinajstić information content (AvgIpc) is 2.18. The van der Waals surface area contributed by atoms with Crippen molar-refractivity contribution in [2.24, 2.45) is 0 Å². The number of nitrogens with zero attached hydrogens (tertiary/aromatic N) is 1. The number of nitro groups is 1. The Morgan fingerprint density at radius 1 is 1.36 bits per heavy atom. The zero-order valence-electron chi connectivity index (χ0n) is 7.98. The lowest BCUT2D eigenvalue weighted by molar-refractivity contribution is -0.385. The summed E-state index contributed by atoms with van der Waals surface area (Å²) in [5, 5.41) is 10.7. The highest BCUT2D eigenvalue weighted by atomic mass is 16.6. The van der Waals surface area contributed by atoms with Crippen molar-refractivity contribution in [1.29, 1.82) is 0 Å². The first-order valence-electron chi connectivity index (χ1n) is 4.12. The van der Waals surface area contributed by atoms with Gasteiger partial charge in [-0.2, -0.15) is 0 Å². The van der Waals surface area contributed by atoms with Crippen LogP contribution in [0.25, 0.3) is 0 Å². The van der Waals surface area contributed by atoms with Crippen LogP contribution in [0, 0.1) is 10.1 Å². The van der Waals surface area contributed by atoms with Crippen LogP contribution in [-0.4, -0.2) is 11.2 Å². The highest BCUT2D eigenvalue weighted by molar-refractivity contribution is 5.70. The van der Waals surface area contributed by atoms with E-state index in [1.165, 1.54) is 6.07 Å². The lowest BCUT2D eigenvalue weighted by Crippen LogP contribution is -2.20. The highest BCUT2D eigenvalue weighted by Crippen LogP contribution is 2.29. The molecule has 0 atom stereocenters. The van der Waals surface area contributed by atoms with Gasteiger partial charge in [-0.3, -0.25) is 14.9 Å². The number of benzene rings is 1. The summed E-state index contributed by atoms with van der Waals surface area (Å²) in [5.41, 5.74) is -0.593. The molecule has 0 aromatic heterocycles.